The number of benzene rings is 2. The summed E-state index contributed by atoms with van der Waals surface area (Å²) in [4.78, 5) is 8.99. The molecule has 0 aliphatic carbocycles. The Morgan fingerprint density at radius 1 is 1.00 bits per heavy atom. The lowest BCUT2D eigenvalue weighted by Crippen LogP contribution is -2.31. The summed E-state index contributed by atoms with van der Waals surface area (Å²) in [5.41, 5.74) is 1.30. The maximum atomic E-state index is 13.5. The number of hydrogen-bond acceptors (Lipinski definition) is 6. The van der Waals surface area contributed by atoms with Crippen molar-refractivity contribution in [3.8, 4) is 11.4 Å². The molecule has 0 N–H and O–H groups in total. The zero-order chi connectivity index (χ0) is 19.8. The van der Waals surface area contributed by atoms with Crippen LogP contribution in [0.3, 0.4) is 0 Å². The third-order valence-corrected chi connectivity index (χ3v) is 7.08. The first kappa shape index (κ1) is 18.0. The summed E-state index contributed by atoms with van der Waals surface area (Å²) in [6, 6.07) is 17.8. The molecule has 5 rings (SSSR count). The van der Waals surface area contributed by atoms with Crippen molar-refractivity contribution < 1.29 is 12.9 Å². The lowest BCUT2D eigenvalue weighted by Gasteiger charge is -2.21. The summed E-state index contributed by atoms with van der Waals surface area (Å²) in [6.07, 6.45) is 2.96. The standard InChI is InChI=1S/C21H18N4O3S/c26-29(27,18-12-4-9-15-10-5-13-22-19(15)18)25-14-6-11-17(25)21-23-20(24-28-21)16-7-2-1-3-8-16/h1-5,7-10,12-13,17H,6,11,14H2. The molecule has 0 bridgehead atoms. The van der Waals surface area contributed by atoms with Gasteiger partial charge in [0.1, 0.15) is 10.9 Å². The second kappa shape index (κ2) is 7.06. The van der Waals surface area contributed by atoms with Gasteiger partial charge in [0.05, 0.1) is 5.52 Å². The van der Waals surface area contributed by atoms with Gasteiger partial charge in [-0.1, -0.05) is 53.7 Å². The largest absolute Gasteiger partial charge is 0.337 e. The summed E-state index contributed by atoms with van der Waals surface area (Å²) < 4.78 is 33.9. The van der Waals surface area contributed by atoms with Crippen molar-refractivity contribution in [2.75, 3.05) is 6.54 Å². The Balaban J connectivity index is 1.53. The topological polar surface area (TPSA) is 89.2 Å². The van der Waals surface area contributed by atoms with Crippen LogP contribution in [0, 0.1) is 0 Å². The highest BCUT2D eigenvalue weighted by Gasteiger charge is 2.40. The van der Waals surface area contributed by atoms with E-state index in [1.54, 1.807) is 24.4 Å². The van der Waals surface area contributed by atoms with Gasteiger partial charge < -0.3 is 4.52 Å². The molecule has 29 heavy (non-hydrogen) atoms. The van der Waals surface area contributed by atoms with Crippen molar-refractivity contribution in [3.63, 3.8) is 0 Å². The van der Waals surface area contributed by atoms with Crippen LogP contribution in [0.1, 0.15) is 24.8 Å². The van der Waals surface area contributed by atoms with Crippen LogP contribution < -0.4 is 0 Å². The molecule has 7 nitrogen and oxygen atoms in total. The average Bonchev–Trinajstić information content (AvgIpc) is 3.44. The van der Waals surface area contributed by atoms with Gasteiger partial charge in [0.2, 0.25) is 21.7 Å². The first-order chi connectivity index (χ1) is 14.1. The van der Waals surface area contributed by atoms with Crippen molar-refractivity contribution in [2.45, 2.75) is 23.8 Å². The molecular formula is C21H18N4O3S. The summed E-state index contributed by atoms with van der Waals surface area (Å²) in [5, 5.41) is 4.84. The molecule has 2 aromatic carbocycles. The normalized spacial score (nSPS) is 17.7. The number of rotatable bonds is 4. The number of sulfonamides is 1. The van der Waals surface area contributed by atoms with Crippen LogP contribution in [-0.2, 0) is 10.0 Å². The smallest absolute Gasteiger partial charge is 0.245 e. The molecule has 8 heteroatoms. The monoisotopic (exact) mass is 406 g/mol. The Labute approximate surface area is 168 Å². The summed E-state index contributed by atoms with van der Waals surface area (Å²) in [5.74, 6) is 0.773. The molecular weight excluding hydrogens is 388 g/mol. The molecule has 1 saturated heterocycles. The Hall–Kier alpha value is -3.10. The van der Waals surface area contributed by atoms with Crippen molar-refractivity contribution >= 4 is 20.9 Å². The number of para-hydroxylation sites is 1. The molecule has 0 saturated carbocycles. The SMILES string of the molecule is O=S(=O)(c1cccc2cccnc12)N1CCCC1c1nc(-c2ccccc2)no1. The van der Waals surface area contributed by atoms with Crippen LogP contribution in [0.2, 0.25) is 0 Å². The van der Waals surface area contributed by atoms with E-state index in [2.05, 4.69) is 15.1 Å². The highest BCUT2D eigenvalue weighted by atomic mass is 32.2. The van der Waals surface area contributed by atoms with E-state index in [1.165, 1.54) is 4.31 Å². The van der Waals surface area contributed by atoms with Gasteiger partial charge in [0.15, 0.2) is 0 Å². The van der Waals surface area contributed by atoms with Crippen LogP contribution in [0.5, 0.6) is 0 Å². The van der Waals surface area contributed by atoms with E-state index in [1.807, 2.05) is 42.5 Å². The minimum absolute atomic E-state index is 0.199. The van der Waals surface area contributed by atoms with E-state index in [0.29, 0.717) is 30.2 Å². The van der Waals surface area contributed by atoms with Crippen LogP contribution in [-0.4, -0.2) is 34.4 Å². The number of hydrogen-bond donors (Lipinski definition) is 0. The number of aromatic nitrogens is 3. The van der Waals surface area contributed by atoms with Gasteiger partial charge in [0, 0.05) is 23.7 Å². The van der Waals surface area contributed by atoms with E-state index < -0.39 is 16.1 Å². The van der Waals surface area contributed by atoms with E-state index >= 15 is 0 Å². The predicted octanol–water partition coefficient (Wildman–Crippen LogP) is 3.81. The quantitative estimate of drug-likeness (QED) is 0.512. The van der Waals surface area contributed by atoms with E-state index in [9.17, 15) is 8.42 Å². The van der Waals surface area contributed by atoms with Gasteiger partial charge in [-0.3, -0.25) is 4.98 Å². The lowest BCUT2D eigenvalue weighted by atomic mass is 10.2. The van der Waals surface area contributed by atoms with Crippen molar-refractivity contribution in [2.24, 2.45) is 0 Å². The van der Waals surface area contributed by atoms with Crippen LogP contribution in [0.4, 0.5) is 0 Å². The van der Waals surface area contributed by atoms with Crippen molar-refractivity contribution in [1.82, 2.24) is 19.4 Å². The minimum Gasteiger partial charge on any atom is -0.337 e. The summed E-state index contributed by atoms with van der Waals surface area (Å²) in [7, 11) is -3.77. The zero-order valence-electron chi connectivity index (χ0n) is 15.5. The molecule has 2 aromatic heterocycles. The second-order valence-corrected chi connectivity index (χ2v) is 8.79. The third-order valence-electron chi connectivity index (χ3n) is 5.14. The van der Waals surface area contributed by atoms with Crippen LogP contribution >= 0.6 is 0 Å². The van der Waals surface area contributed by atoms with E-state index in [4.69, 9.17) is 4.52 Å². The molecule has 1 atom stereocenters. The highest BCUT2D eigenvalue weighted by molar-refractivity contribution is 7.89. The van der Waals surface area contributed by atoms with Crippen LogP contribution in [0.25, 0.3) is 22.3 Å². The van der Waals surface area contributed by atoms with Gasteiger partial charge in [0.25, 0.3) is 0 Å². The number of pyridine rings is 1. The molecule has 1 fully saturated rings. The molecule has 1 aliphatic rings. The first-order valence-corrected chi connectivity index (χ1v) is 10.8. The fourth-order valence-electron chi connectivity index (χ4n) is 3.76. The van der Waals surface area contributed by atoms with Gasteiger partial charge in [-0.15, -0.1) is 0 Å². The summed E-state index contributed by atoms with van der Waals surface area (Å²) >= 11 is 0. The minimum atomic E-state index is -3.77. The third kappa shape index (κ3) is 3.10. The van der Waals surface area contributed by atoms with Crippen LogP contribution in [0.15, 0.2) is 76.3 Å². The van der Waals surface area contributed by atoms with E-state index in [-0.39, 0.29) is 4.90 Å². The summed E-state index contributed by atoms with van der Waals surface area (Å²) in [6.45, 7) is 0.402. The average molecular weight is 406 g/mol. The Morgan fingerprint density at radius 3 is 2.69 bits per heavy atom. The molecule has 0 spiro atoms. The predicted molar refractivity (Wildman–Crippen MR) is 107 cm³/mol. The fraction of sp³-hybridized carbons (Fsp3) is 0.190. The van der Waals surface area contributed by atoms with Gasteiger partial charge in [-0.2, -0.15) is 9.29 Å². The molecule has 4 aromatic rings. The molecule has 3 heterocycles. The van der Waals surface area contributed by atoms with Crippen molar-refractivity contribution in [3.05, 3.63) is 72.8 Å². The van der Waals surface area contributed by atoms with Gasteiger partial charge >= 0.3 is 0 Å². The number of fused-ring (bicyclic) bond motifs is 1. The second-order valence-electron chi connectivity index (χ2n) is 6.93. The van der Waals surface area contributed by atoms with Crippen molar-refractivity contribution in [1.29, 1.82) is 0 Å². The molecule has 0 amide bonds. The molecule has 146 valence electrons. The number of nitrogens with zero attached hydrogens (tertiary/aromatic N) is 4. The van der Waals surface area contributed by atoms with Gasteiger partial charge in [-0.25, -0.2) is 8.42 Å². The maximum Gasteiger partial charge on any atom is 0.245 e. The zero-order valence-corrected chi connectivity index (χ0v) is 16.3. The maximum absolute atomic E-state index is 13.5. The highest BCUT2D eigenvalue weighted by Crippen LogP contribution is 2.37. The molecule has 1 unspecified atom stereocenters. The lowest BCUT2D eigenvalue weighted by molar-refractivity contribution is 0.291. The molecule has 1 aliphatic heterocycles. The Bertz CT molecular complexity index is 1270. The Morgan fingerprint density at radius 2 is 1.83 bits per heavy atom. The van der Waals surface area contributed by atoms with E-state index in [0.717, 1.165) is 17.4 Å². The first-order valence-electron chi connectivity index (χ1n) is 9.39. The van der Waals surface area contributed by atoms with Gasteiger partial charge in [-0.05, 0) is 25.0 Å². The molecule has 0 radical (unpaired) electrons. The Kier molecular flexibility index (Phi) is 4.37. The fourth-order valence-corrected chi connectivity index (χ4v) is 5.58.